The minimum Gasteiger partial charge on any atom is -0.313 e. The van der Waals surface area contributed by atoms with Gasteiger partial charge in [0.25, 0.3) is 0 Å². The molecular weight excluding hydrogens is 220 g/mol. The van der Waals surface area contributed by atoms with Gasteiger partial charge >= 0.3 is 0 Å². The van der Waals surface area contributed by atoms with Crippen LogP contribution in [0.4, 0.5) is 8.78 Å². The SMILES string of the molecule is Cl.Fc1ccc(C2=CCNCC2)cc1F. The van der Waals surface area contributed by atoms with E-state index in [4.69, 9.17) is 0 Å². The molecule has 0 spiro atoms. The van der Waals surface area contributed by atoms with Crippen LogP contribution >= 0.6 is 12.4 Å². The number of hydrogen-bond acceptors (Lipinski definition) is 1. The second-order valence-electron chi connectivity index (χ2n) is 3.31. The zero-order valence-electron chi connectivity index (χ0n) is 8.09. The van der Waals surface area contributed by atoms with Gasteiger partial charge in [0, 0.05) is 6.54 Å². The first-order valence-electron chi connectivity index (χ1n) is 4.62. The molecule has 15 heavy (non-hydrogen) atoms. The van der Waals surface area contributed by atoms with E-state index in [0.29, 0.717) is 0 Å². The maximum atomic E-state index is 12.9. The molecule has 2 rings (SSSR count). The Bertz CT molecular complexity index is 377. The molecule has 1 nitrogen and oxygen atoms in total. The molecular formula is C11H12ClF2N. The highest BCUT2D eigenvalue weighted by atomic mass is 35.5. The van der Waals surface area contributed by atoms with Crippen molar-refractivity contribution in [1.82, 2.24) is 5.32 Å². The zero-order chi connectivity index (χ0) is 9.97. The molecule has 0 saturated heterocycles. The molecule has 0 fully saturated rings. The van der Waals surface area contributed by atoms with Crippen LogP contribution in [0.5, 0.6) is 0 Å². The number of benzene rings is 1. The fourth-order valence-corrected chi connectivity index (χ4v) is 1.58. The molecule has 0 aliphatic carbocycles. The monoisotopic (exact) mass is 231 g/mol. The summed E-state index contributed by atoms with van der Waals surface area (Å²) in [6.07, 6.45) is 2.88. The van der Waals surface area contributed by atoms with E-state index in [9.17, 15) is 8.78 Å². The number of nitrogens with one attached hydrogen (secondary N) is 1. The summed E-state index contributed by atoms with van der Waals surface area (Å²) in [7, 11) is 0. The molecule has 0 radical (unpaired) electrons. The predicted molar refractivity (Wildman–Crippen MR) is 59.1 cm³/mol. The molecule has 1 heterocycles. The molecule has 4 heteroatoms. The molecule has 1 aromatic rings. The summed E-state index contributed by atoms with van der Waals surface area (Å²) in [5, 5.41) is 3.17. The van der Waals surface area contributed by atoms with Crippen LogP contribution in [0.3, 0.4) is 0 Å². The molecule has 0 unspecified atom stereocenters. The highest BCUT2D eigenvalue weighted by Crippen LogP contribution is 2.21. The lowest BCUT2D eigenvalue weighted by molar-refractivity contribution is 0.508. The standard InChI is InChI=1S/C11H11F2N.ClH/c12-10-2-1-9(7-11(10)13)8-3-5-14-6-4-8;/h1-3,7,14H,4-6H2;1H. The van der Waals surface area contributed by atoms with Crippen LogP contribution in [0.1, 0.15) is 12.0 Å². The van der Waals surface area contributed by atoms with Gasteiger partial charge in [-0.1, -0.05) is 12.1 Å². The fourth-order valence-electron chi connectivity index (χ4n) is 1.58. The van der Waals surface area contributed by atoms with Gasteiger partial charge in [0.05, 0.1) is 0 Å². The minimum atomic E-state index is -0.789. The second-order valence-corrected chi connectivity index (χ2v) is 3.31. The van der Waals surface area contributed by atoms with Crippen molar-refractivity contribution in [2.45, 2.75) is 6.42 Å². The maximum Gasteiger partial charge on any atom is 0.159 e. The van der Waals surface area contributed by atoms with Crippen molar-refractivity contribution in [1.29, 1.82) is 0 Å². The van der Waals surface area contributed by atoms with Crippen LogP contribution < -0.4 is 5.32 Å². The Morgan fingerprint density at radius 3 is 2.53 bits per heavy atom. The molecule has 1 aromatic carbocycles. The fraction of sp³-hybridized carbons (Fsp3) is 0.273. The first-order chi connectivity index (χ1) is 6.77. The van der Waals surface area contributed by atoms with Gasteiger partial charge in [0.2, 0.25) is 0 Å². The molecule has 0 saturated carbocycles. The van der Waals surface area contributed by atoms with Crippen molar-refractivity contribution in [3.63, 3.8) is 0 Å². The Labute approximate surface area is 93.6 Å². The Kier molecular flexibility index (Phi) is 4.24. The van der Waals surface area contributed by atoms with Crippen molar-refractivity contribution in [2.24, 2.45) is 0 Å². The van der Waals surface area contributed by atoms with Gasteiger partial charge in [0.1, 0.15) is 0 Å². The Morgan fingerprint density at radius 1 is 1.13 bits per heavy atom. The first kappa shape index (κ1) is 12.1. The molecule has 1 N–H and O–H groups in total. The van der Waals surface area contributed by atoms with E-state index in [2.05, 4.69) is 5.32 Å². The van der Waals surface area contributed by atoms with E-state index < -0.39 is 11.6 Å². The van der Waals surface area contributed by atoms with Gasteiger partial charge < -0.3 is 5.32 Å². The van der Waals surface area contributed by atoms with Crippen molar-refractivity contribution < 1.29 is 8.78 Å². The summed E-state index contributed by atoms with van der Waals surface area (Å²) in [5.41, 5.74) is 1.87. The van der Waals surface area contributed by atoms with Gasteiger partial charge in [-0.3, -0.25) is 0 Å². The van der Waals surface area contributed by atoms with Crippen molar-refractivity contribution >= 4 is 18.0 Å². The third kappa shape index (κ3) is 2.76. The molecule has 0 aromatic heterocycles. The van der Waals surface area contributed by atoms with Crippen molar-refractivity contribution in [2.75, 3.05) is 13.1 Å². The van der Waals surface area contributed by atoms with Crippen LogP contribution in [0.25, 0.3) is 5.57 Å². The third-order valence-corrected chi connectivity index (χ3v) is 2.35. The van der Waals surface area contributed by atoms with Crippen molar-refractivity contribution in [3.05, 3.63) is 41.5 Å². The first-order valence-corrected chi connectivity index (χ1v) is 4.62. The van der Waals surface area contributed by atoms with Gasteiger partial charge in [-0.2, -0.15) is 0 Å². The van der Waals surface area contributed by atoms with Crippen LogP contribution in [0, 0.1) is 11.6 Å². The lowest BCUT2D eigenvalue weighted by Crippen LogP contribution is -2.20. The maximum absolute atomic E-state index is 12.9. The van der Waals surface area contributed by atoms with Crippen LogP contribution in [0.15, 0.2) is 24.3 Å². The smallest absolute Gasteiger partial charge is 0.159 e. The normalized spacial score (nSPS) is 15.5. The summed E-state index contributed by atoms with van der Waals surface area (Å²) in [6.45, 7) is 1.69. The summed E-state index contributed by atoms with van der Waals surface area (Å²) in [6, 6.07) is 4.05. The number of halogens is 3. The van der Waals surface area contributed by atoms with E-state index >= 15 is 0 Å². The predicted octanol–water partition coefficient (Wildman–Crippen LogP) is 2.76. The van der Waals surface area contributed by atoms with Gasteiger partial charge in [0.15, 0.2) is 11.6 Å². The highest BCUT2D eigenvalue weighted by Gasteiger charge is 2.08. The largest absolute Gasteiger partial charge is 0.313 e. The summed E-state index contributed by atoms with van der Waals surface area (Å²) >= 11 is 0. The Balaban J connectivity index is 0.00000112. The van der Waals surface area contributed by atoms with Crippen LogP contribution in [-0.4, -0.2) is 13.1 Å². The van der Waals surface area contributed by atoms with Gasteiger partial charge in [-0.15, -0.1) is 12.4 Å². The molecule has 0 amide bonds. The van der Waals surface area contributed by atoms with E-state index in [0.717, 1.165) is 30.6 Å². The minimum absolute atomic E-state index is 0. The van der Waals surface area contributed by atoms with Gasteiger partial charge in [-0.25, -0.2) is 8.78 Å². The Hall–Kier alpha value is -0.930. The lowest BCUT2D eigenvalue weighted by atomic mass is 10.0. The van der Waals surface area contributed by atoms with Crippen LogP contribution in [0.2, 0.25) is 0 Å². The Morgan fingerprint density at radius 2 is 1.93 bits per heavy atom. The summed E-state index contributed by atoms with van der Waals surface area (Å²) in [5.74, 6) is -1.56. The molecule has 0 bridgehead atoms. The van der Waals surface area contributed by atoms with E-state index in [1.165, 1.54) is 12.1 Å². The van der Waals surface area contributed by atoms with Gasteiger partial charge in [-0.05, 0) is 36.2 Å². The average molecular weight is 232 g/mol. The molecule has 1 aliphatic rings. The number of rotatable bonds is 1. The average Bonchev–Trinajstić information content (AvgIpc) is 2.23. The highest BCUT2D eigenvalue weighted by molar-refractivity contribution is 5.85. The quantitative estimate of drug-likeness (QED) is 0.784. The van der Waals surface area contributed by atoms with Crippen LogP contribution in [-0.2, 0) is 0 Å². The second kappa shape index (κ2) is 5.24. The lowest BCUT2D eigenvalue weighted by Gasteiger charge is -2.14. The summed E-state index contributed by atoms with van der Waals surface area (Å²) < 4.78 is 25.6. The third-order valence-electron chi connectivity index (χ3n) is 2.35. The zero-order valence-corrected chi connectivity index (χ0v) is 8.91. The number of hydrogen-bond donors (Lipinski definition) is 1. The molecule has 1 aliphatic heterocycles. The summed E-state index contributed by atoms with van der Waals surface area (Å²) in [4.78, 5) is 0. The topological polar surface area (TPSA) is 12.0 Å². The van der Waals surface area contributed by atoms with E-state index in [1.807, 2.05) is 6.08 Å². The molecule has 0 atom stereocenters. The molecule has 82 valence electrons. The van der Waals surface area contributed by atoms with E-state index in [-0.39, 0.29) is 12.4 Å². The van der Waals surface area contributed by atoms with Crippen molar-refractivity contribution in [3.8, 4) is 0 Å². The van der Waals surface area contributed by atoms with E-state index in [1.54, 1.807) is 6.07 Å².